The summed E-state index contributed by atoms with van der Waals surface area (Å²) in [7, 11) is 0. The molecule has 0 radical (unpaired) electrons. The van der Waals surface area contributed by atoms with Crippen molar-refractivity contribution in [3.05, 3.63) is 34.7 Å². The van der Waals surface area contributed by atoms with Crippen molar-refractivity contribution in [1.82, 2.24) is 19.4 Å². The molecule has 1 N–H and O–H groups in total. The lowest BCUT2D eigenvalue weighted by molar-refractivity contribution is -0.144. The van der Waals surface area contributed by atoms with Gasteiger partial charge in [-0.1, -0.05) is 19.1 Å². The molecule has 0 aliphatic carbocycles. The van der Waals surface area contributed by atoms with E-state index in [4.69, 9.17) is 0 Å². The van der Waals surface area contributed by atoms with Crippen LogP contribution in [0.25, 0.3) is 11.0 Å². The Morgan fingerprint density at radius 3 is 2.61 bits per heavy atom. The first kappa shape index (κ1) is 18.8. The Bertz CT molecular complexity index is 923. The van der Waals surface area contributed by atoms with Gasteiger partial charge in [0.1, 0.15) is 6.04 Å². The van der Waals surface area contributed by atoms with E-state index in [1.54, 1.807) is 4.90 Å². The number of benzene rings is 1. The Morgan fingerprint density at radius 2 is 1.86 bits per heavy atom. The SMILES string of the molecule is CCCC(=O)N1CCCC1C(=O)N1CCC(n2c(=O)[nH]c3ccccc32)CC1. The number of aromatic amines is 1. The van der Waals surface area contributed by atoms with Gasteiger partial charge in [0.25, 0.3) is 0 Å². The number of nitrogens with one attached hydrogen (secondary N) is 1. The molecule has 150 valence electrons. The molecule has 1 aromatic carbocycles. The lowest BCUT2D eigenvalue weighted by Gasteiger charge is -2.36. The van der Waals surface area contributed by atoms with Crippen molar-refractivity contribution in [2.24, 2.45) is 0 Å². The molecule has 4 rings (SSSR count). The molecule has 2 aliphatic heterocycles. The Hall–Kier alpha value is -2.57. The highest BCUT2D eigenvalue weighted by atomic mass is 16.2. The van der Waals surface area contributed by atoms with Gasteiger partial charge in [-0.25, -0.2) is 4.79 Å². The molecule has 2 amide bonds. The van der Waals surface area contributed by atoms with Crippen molar-refractivity contribution in [1.29, 1.82) is 0 Å². The lowest BCUT2D eigenvalue weighted by atomic mass is 10.0. The molecule has 7 heteroatoms. The summed E-state index contributed by atoms with van der Waals surface area (Å²) >= 11 is 0. The number of para-hydroxylation sites is 2. The van der Waals surface area contributed by atoms with Gasteiger partial charge in [0.05, 0.1) is 11.0 Å². The van der Waals surface area contributed by atoms with Crippen LogP contribution < -0.4 is 5.69 Å². The summed E-state index contributed by atoms with van der Waals surface area (Å²) in [6, 6.07) is 7.51. The highest BCUT2D eigenvalue weighted by Gasteiger charge is 2.37. The minimum atomic E-state index is -0.300. The van der Waals surface area contributed by atoms with Crippen LogP contribution in [0.5, 0.6) is 0 Å². The molecule has 7 nitrogen and oxygen atoms in total. The highest BCUT2D eigenvalue weighted by molar-refractivity contribution is 5.88. The number of nitrogens with zero attached hydrogens (tertiary/aromatic N) is 3. The molecule has 0 saturated carbocycles. The molecule has 3 heterocycles. The number of amides is 2. The van der Waals surface area contributed by atoms with Gasteiger partial charge in [-0.15, -0.1) is 0 Å². The Kier molecular flexibility index (Phi) is 5.24. The summed E-state index contributed by atoms with van der Waals surface area (Å²) in [4.78, 5) is 44.4. The molecule has 0 spiro atoms. The van der Waals surface area contributed by atoms with E-state index in [9.17, 15) is 14.4 Å². The molecule has 1 atom stereocenters. The van der Waals surface area contributed by atoms with E-state index in [-0.39, 0.29) is 29.6 Å². The number of piperidine rings is 1. The maximum Gasteiger partial charge on any atom is 0.326 e. The first-order valence-corrected chi connectivity index (χ1v) is 10.4. The molecular weight excluding hydrogens is 356 g/mol. The second-order valence-corrected chi connectivity index (χ2v) is 7.87. The third-order valence-corrected chi connectivity index (χ3v) is 6.09. The van der Waals surface area contributed by atoms with Gasteiger partial charge in [-0.05, 0) is 44.2 Å². The zero-order valence-electron chi connectivity index (χ0n) is 16.4. The first-order chi connectivity index (χ1) is 13.6. The second kappa shape index (κ2) is 7.81. The second-order valence-electron chi connectivity index (χ2n) is 7.87. The Labute approximate surface area is 164 Å². The van der Waals surface area contributed by atoms with E-state index in [2.05, 4.69) is 4.98 Å². The number of rotatable bonds is 4. The van der Waals surface area contributed by atoms with Gasteiger partial charge in [0.15, 0.2) is 0 Å². The lowest BCUT2D eigenvalue weighted by Crippen LogP contribution is -2.50. The number of fused-ring (bicyclic) bond motifs is 1. The minimum Gasteiger partial charge on any atom is -0.341 e. The summed E-state index contributed by atoms with van der Waals surface area (Å²) in [5.74, 6) is 0.172. The third kappa shape index (κ3) is 3.34. The molecule has 28 heavy (non-hydrogen) atoms. The summed E-state index contributed by atoms with van der Waals surface area (Å²) in [5, 5.41) is 0. The van der Waals surface area contributed by atoms with Crippen LogP contribution in [0.3, 0.4) is 0 Å². The van der Waals surface area contributed by atoms with Gasteiger partial charge >= 0.3 is 5.69 Å². The van der Waals surface area contributed by atoms with Crippen LogP contribution in [-0.4, -0.2) is 56.8 Å². The summed E-state index contributed by atoms with van der Waals surface area (Å²) in [6.45, 7) is 3.93. The maximum absolute atomic E-state index is 13.0. The van der Waals surface area contributed by atoms with Crippen molar-refractivity contribution < 1.29 is 9.59 Å². The van der Waals surface area contributed by atoms with E-state index in [0.29, 0.717) is 26.1 Å². The number of carbonyl (C=O) groups is 2. The van der Waals surface area contributed by atoms with Crippen molar-refractivity contribution in [2.75, 3.05) is 19.6 Å². The smallest absolute Gasteiger partial charge is 0.326 e. The van der Waals surface area contributed by atoms with E-state index < -0.39 is 0 Å². The van der Waals surface area contributed by atoms with Crippen molar-refractivity contribution in [2.45, 2.75) is 57.5 Å². The van der Waals surface area contributed by atoms with Crippen LogP contribution in [-0.2, 0) is 9.59 Å². The minimum absolute atomic E-state index is 0.0756. The predicted molar refractivity (Wildman–Crippen MR) is 107 cm³/mol. The molecule has 1 aromatic heterocycles. The summed E-state index contributed by atoms with van der Waals surface area (Å²) in [6.07, 6.45) is 4.48. The molecule has 2 aromatic rings. The van der Waals surface area contributed by atoms with Crippen LogP contribution in [0.4, 0.5) is 0 Å². The fourth-order valence-electron chi connectivity index (χ4n) is 4.67. The molecule has 0 bridgehead atoms. The maximum atomic E-state index is 13.0. The van der Waals surface area contributed by atoms with Gasteiger partial charge in [-0.3, -0.25) is 14.2 Å². The number of likely N-dealkylation sites (tertiary alicyclic amines) is 2. The van der Waals surface area contributed by atoms with E-state index in [1.807, 2.05) is 40.7 Å². The monoisotopic (exact) mass is 384 g/mol. The fraction of sp³-hybridized carbons (Fsp3) is 0.571. The molecule has 2 fully saturated rings. The number of H-pyrrole nitrogens is 1. The van der Waals surface area contributed by atoms with Crippen molar-refractivity contribution in [3.8, 4) is 0 Å². The predicted octanol–water partition coefficient (Wildman–Crippen LogP) is 2.28. The highest BCUT2D eigenvalue weighted by Crippen LogP contribution is 2.27. The fourth-order valence-corrected chi connectivity index (χ4v) is 4.67. The Balaban J connectivity index is 1.44. The van der Waals surface area contributed by atoms with Gasteiger partial charge in [0.2, 0.25) is 11.8 Å². The van der Waals surface area contributed by atoms with E-state index >= 15 is 0 Å². The summed E-state index contributed by atoms with van der Waals surface area (Å²) < 4.78 is 1.84. The molecular formula is C21H28N4O3. The normalized spacial score (nSPS) is 20.8. The average Bonchev–Trinajstić information content (AvgIpc) is 3.32. The van der Waals surface area contributed by atoms with Crippen LogP contribution in [0, 0.1) is 0 Å². The quantitative estimate of drug-likeness (QED) is 0.878. The number of carbonyl (C=O) groups excluding carboxylic acids is 2. The standard InChI is InChI=1S/C21H28N4O3/c1-2-6-19(26)24-12-5-9-18(24)20(27)23-13-10-15(11-14-23)25-17-8-4-3-7-16(17)22-21(25)28/h3-4,7-8,15,18H,2,5-6,9-14H2,1H3,(H,22,28). The molecule has 1 unspecified atom stereocenters. The van der Waals surface area contributed by atoms with Crippen LogP contribution in [0.2, 0.25) is 0 Å². The van der Waals surface area contributed by atoms with Gasteiger partial charge < -0.3 is 14.8 Å². The van der Waals surface area contributed by atoms with Crippen LogP contribution in [0.1, 0.15) is 51.5 Å². The van der Waals surface area contributed by atoms with Crippen LogP contribution in [0.15, 0.2) is 29.1 Å². The van der Waals surface area contributed by atoms with Crippen molar-refractivity contribution in [3.63, 3.8) is 0 Å². The average molecular weight is 384 g/mol. The molecule has 2 aliphatic rings. The molecule has 2 saturated heterocycles. The van der Waals surface area contributed by atoms with E-state index in [0.717, 1.165) is 43.1 Å². The topological polar surface area (TPSA) is 78.4 Å². The largest absolute Gasteiger partial charge is 0.341 e. The number of imidazole rings is 1. The van der Waals surface area contributed by atoms with Crippen LogP contribution >= 0.6 is 0 Å². The Morgan fingerprint density at radius 1 is 1.11 bits per heavy atom. The zero-order valence-corrected chi connectivity index (χ0v) is 16.4. The third-order valence-electron chi connectivity index (χ3n) is 6.09. The zero-order chi connectivity index (χ0) is 19.7. The number of hydrogen-bond donors (Lipinski definition) is 1. The van der Waals surface area contributed by atoms with Gasteiger partial charge in [0, 0.05) is 32.1 Å². The van der Waals surface area contributed by atoms with E-state index in [1.165, 1.54) is 0 Å². The number of aromatic nitrogens is 2. The van der Waals surface area contributed by atoms with Crippen molar-refractivity contribution >= 4 is 22.8 Å². The van der Waals surface area contributed by atoms with Gasteiger partial charge in [-0.2, -0.15) is 0 Å². The number of hydrogen-bond acceptors (Lipinski definition) is 3. The summed E-state index contributed by atoms with van der Waals surface area (Å²) in [5.41, 5.74) is 1.68. The first-order valence-electron chi connectivity index (χ1n) is 10.4.